The van der Waals surface area contributed by atoms with Crippen molar-refractivity contribution in [3.05, 3.63) is 23.0 Å². The van der Waals surface area contributed by atoms with E-state index in [-0.39, 0.29) is 17.3 Å². The van der Waals surface area contributed by atoms with Crippen LogP contribution in [-0.2, 0) is 30.7 Å². The number of benzene rings is 1. The van der Waals surface area contributed by atoms with Crippen molar-refractivity contribution in [3.8, 4) is 0 Å². The number of sulfone groups is 1. The maximum atomic E-state index is 12.4. The number of rotatable bonds is 6. The van der Waals surface area contributed by atoms with Crippen molar-refractivity contribution in [2.24, 2.45) is 10.9 Å². The van der Waals surface area contributed by atoms with Gasteiger partial charge in [0.05, 0.1) is 22.2 Å². The van der Waals surface area contributed by atoms with Crippen molar-refractivity contribution in [1.29, 1.82) is 0 Å². The standard InChI is InChI=1S/C19H24N2O5S2/c1-26-18(23)12-21-15-9-8-14(28(2,24)25)11-16(15)27-19(21)20-17(22)10-7-13-5-3-4-6-13/h8-9,11,13H,3-7,10,12H2,1-2H3. The fourth-order valence-electron chi connectivity index (χ4n) is 3.51. The summed E-state index contributed by atoms with van der Waals surface area (Å²) in [7, 11) is -2.06. The molecule has 9 heteroatoms. The van der Waals surface area contributed by atoms with E-state index >= 15 is 0 Å². The van der Waals surface area contributed by atoms with E-state index in [1.54, 1.807) is 16.7 Å². The van der Waals surface area contributed by atoms with Crippen LogP contribution in [0.5, 0.6) is 0 Å². The number of ether oxygens (including phenoxy) is 1. The molecule has 1 aliphatic rings. The Morgan fingerprint density at radius 2 is 2.00 bits per heavy atom. The average Bonchev–Trinajstić information content (AvgIpc) is 3.27. The molecule has 1 aliphatic carbocycles. The monoisotopic (exact) mass is 424 g/mol. The lowest BCUT2D eigenvalue weighted by atomic mass is 10.0. The lowest BCUT2D eigenvalue weighted by Gasteiger charge is -2.06. The molecule has 0 spiro atoms. The van der Waals surface area contributed by atoms with Crippen LogP contribution >= 0.6 is 11.3 Å². The Hall–Kier alpha value is -2.00. The minimum Gasteiger partial charge on any atom is -0.468 e. The van der Waals surface area contributed by atoms with Gasteiger partial charge in [-0.1, -0.05) is 37.0 Å². The molecule has 0 unspecified atom stereocenters. The molecule has 7 nitrogen and oxygen atoms in total. The molecule has 2 aromatic rings. The Labute approximate surface area is 168 Å². The largest absolute Gasteiger partial charge is 0.468 e. The van der Waals surface area contributed by atoms with Gasteiger partial charge in [0.25, 0.3) is 0 Å². The zero-order valence-electron chi connectivity index (χ0n) is 16.0. The van der Waals surface area contributed by atoms with Gasteiger partial charge in [-0.2, -0.15) is 4.99 Å². The third kappa shape index (κ3) is 4.88. The maximum absolute atomic E-state index is 12.4. The normalized spacial score (nSPS) is 16.0. The predicted molar refractivity (Wildman–Crippen MR) is 107 cm³/mol. The zero-order chi connectivity index (χ0) is 20.3. The van der Waals surface area contributed by atoms with Crippen LogP contribution in [0.4, 0.5) is 0 Å². The lowest BCUT2D eigenvalue weighted by molar-refractivity contribution is -0.141. The number of hydrogen-bond donors (Lipinski definition) is 0. The van der Waals surface area contributed by atoms with Crippen LogP contribution < -0.4 is 4.80 Å². The van der Waals surface area contributed by atoms with Crippen LogP contribution in [0.1, 0.15) is 38.5 Å². The molecule has 0 aliphatic heterocycles. The summed E-state index contributed by atoms with van der Waals surface area (Å²) in [5, 5.41) is 0. The Morgan fingerprint density at radius 1 is 1.29 bits per heavy atom. The number of carbonyl (C=O) groups is 2. The summed E-state index contributed by atoms with van der Waals surface area (Å²) >= 11 is 1.20. The van der Waals surface area contributed by atoms with Crippen LogP contribution in [0.3, 0.4) is 0 Å². The third-order valence-electron chi connectivity index (χ3n) is 5.06. The summed E-state index contributed by atoms with van der Waals surface area (Å²) in [6.07, 6.45) is 7.16. The molecule has 1 fully saturated rings. The molecule has 1 saturated carbocycles. The van der Waals surface area contributed by atoms with Crippen LogP contribution in [0.15, 0.2) is 28.1 Å². The Morgan fingerprint density at radius 3 is 2.64 bits per heavy atom. The van der Waals surface area contributed by atoms with Gasteiger partial charge < -0.3 is 9.30 Å². The van der Waals surface area contributed by atoms with Gasteiger partial charge in [0.1, 0.15) is 6.54 Å². The minimum absolute atomic E-state index is 0.0938. The number of thiazole rings is 1. The fraction of sp³-hybridized carbons (Fsp3) is 0.526. The van der Waals surface area contributed by atoms with Crippen molar-refractivity contribution in [2.75, 3.05) is 13.4 Å². The molecule has 0 bridgehead atoms. The van der Waals surface area contributed by atoms with Gasteiger partial charge in [-0.15, -0.1) is 0 Å². The Bertz CT molecular complexity index is 1060. The highest BCUT2D eigenvalue weighted by Gasteiger charge is 2.17. The van der Waals surface area contributed by atoms with Crippen molar-refractivity contribution < 1.29 is 22.7 Å². The van der Waals surface area contributed by atoms with Crippen LogP contribution in [0, 0.1) is 5.92 Å². The topological polar surface area (TPSA) is 94.8 Å². The molecular formula is C19H24N2O5S2. The second-order valence-electron chi connectivity index (χ2n) is 7.14. The summed E-state index contributed by atoms with van der Waals surface area (Å²) in [4.78, 5) is 29.0. The van der Waals surface area contributed by atoms with Crippen LogP contribution in [-0.4, -0.2) is 38.2 Å². The summed E-state index contributed by atoms with van der Waals surface area (Å²) in [6.45, 7) is -0.0938. The molecule has 152 valence electrons. The smallest absolute Gasteiger partial charge is 0.325 e. The Balaban J connectivity index is 1.96. The summed E-state index contributed by atoms with van der Waals surface area (Å²) in [5.41, 5.74) is 0.644. The first-order valence-corrected chi connectivity index (χ1v) is 12.0. The number of hydrogen-bond acceptors (Lipinski definition) is 6. The molecule has 0 radical (unpaired) electrons. The molecule has 1 aromatic carbocycles. The SMILES string of the molecule is COC(=O)Cn1c(=NC(=O)CCC2CCCC2)sc2cc(S(C)(=O)=O)ccc21. The lowest BCUT2D eigenvalue weighted by Crippen LogP contribution is -2.22. The van der Waals surface area contributed by atoms with Crippen molar-refractivity contribution in [1.82, 2.24) is 4.57 Å². The molecular weight excluding hydrogens is 400 g/mol. The highest BCUT2D eigenvalue weighted by molar-refractivity contribution is 7.90. The zero-order valence-corrected chi connectivity index (χ0v) is 17.6. The quantitative estimate of drug-likeness (QED) is 0.665. The maximum Gasteiger partial charge on any atom is 0.325 e. The van der Waals surface area contributed by atoms with Crippen molar-refractivity contribution >= 4 is 43.3 Å². The molecule has 1 heterocycles. The van der Waals surface area contributed by atoms with E-state index in [0.717, 1.165) is 12.7 Å². The average molecular weight is 425 g/mol. The van der Waals surface area contributed by atoms with E-state index in [1.165, 1.54) is 50.2 Å². The summed E-state index contributed by atoms with van der Waals surface area (Å²) in [5.74, 6) is -0.0896. The van der Waals surface area contributed by atoms with Crippen LogP contribution in [0.2, 0.25) is 0 Å². The molecule has 0 N–H and O–H groups in total. The van der Waals surface area contributed by atoms with E-state index in [0.29, 0.717) is 27.4 Å². The van der Waals surface area contributed by atoms with Gasteiger partial charge in [-0.05, 0) is 30.5 Å². The second-order valence-corrected chi connectivity index (χ2v) is 10.2. The van der Waals surface area contributed by atoms with Crippen molar-refractivity contribution in [3.63, 3.8) is 0 Å². The first kappa shape index (κ1) is 20.7. The van der Waals surface area contributed by atoms with E-state index in [1.807, 2.05) is 0 Å². The molecule has 1 amide bonds. The first-order valence-electron chi connectivity index (χ1n) is 9.26. The summed E-state index contributed by atoms with van der Waals surface area (Å²) < 4.78 is 30.7. The van der Waals surface area contributed by atoms with Gasteiger partial charge in [0.2, 0.25) is 5.91 Å². The number of methoxy groups -OCH3 is 1. The molecule has 28 heavy (non-hydrogen) atoms. The van der Waals surface area contributed by atoms with E-state index in [9.17, 15) is 18.0 Å². The first-order chi connectivity index (χ1) is 13.3. The van der Waals surface area contributed by atoms with E-state index in [2.05, 4.69) is 4.99 Å². The Kier molecular flexibility index (Phi) is 6.34. The second kappa shape index (κ2) is 8.57. The highest BCUT2D eigenvalue weighted by Crippen LogP contribution is 2.28. The number of aromatic nitrogens is 1. The number of nitrogens with zero attached hydrogens (tertiary/aromatic N) is 2. The van der Waals surface area contributed by atoms with E-state index < -0.39 is 15.8 Å². The van der Waals surface area contributed by atoms with E-state index in [4.69, 9.17) is 4.74 Å². The molecule has 0 atom stereocenters. The van der Waals surface area contributed by atoms with Crippen LogP contribution in [0.25, 0.3) is 10.2 Å². The number of amides is 1. The van der Waals surface area contributed by atoms with Gasteiger partial charge in [0, 0.05) is 12.7 Å². The van der Waals surface area contributed by atoms with Gasteiger partial charge in [0.15, 0.2) is 14.6 Å². The van der Waals surface area contributed by atoms with Gasteiger partial charge in [-0.3, -0.25) is 9.59 Å². The summed E-state index contributed by atoms with van der Waals surface area (Å²) in [6, 6.07) is 4.67. The predicted octanol–water partition coefficient (Wildman–Crippen LogP) is 2.68. The molecule has 3 rings (SSSR count). The fourth-order valence-corrected chi connectivity index (χ4v) is 5.31. The number of carbonyl (C=O) groups excluding carboxylic acids is 2. The number of esters is 1. The van der Waals surface area contributed by atoms with Gasteiger partial charge >= 0.3 is 5.97 Å². The molecule has 0 saturated heterocycles. The highest BCUT2D eigenvalue weighted by atomic mass is 32.2. The number of fused-ring (bicyclic) bond motifs is 1. The third-order valence-corrected chi connectivity index (χ3v) is 7.21. The van der Waals surface area contributed by atoms with Gasteiger partial charge in [-0.25, -0.2) is 8.42 Å². The van der Waals surface area contributed by atoms with Crippen molar-refractivity contribution in [2.45, 2.75) is 50.0 Å². The molecule has 1 aromatic heterocycles. The minimum atomic E-state index is -3.36.